The average molecular weight is 241 g/mol. The Kier molecular flexibility index (Phi) is 5.66. The summed E-state index contributed by atoms with van der Waals surface area (Å²) in [7, 11) is 3.31. The number of aryl methyl sites for hydroxylation is 1. The minimum atomic E-state index is 0.650. The maximum Gasteiger partial charge on any atom is 0.123 e. The van der Waals surface area contributed by atoms with E-state index in [1.165, 1.54) is 10.5 Å². The van der Waals surface area contributed by atoms with Crippen LogP contribution in [0.25, 0.3) is 0 Å². The molecule has 0 amide bonds. The fraction of sp³-hybridized carbons (Fsp3) is 0.500. The fourth-order valence-corrected chi connectivity index (χ4v) is 2.31. The van der Waals surface area contributed by atoms with Gasteiger partial charge in [0.25, 0.3) is 0 Å². The number of benzene rings is 1. The molecule has 16 heavy (non-hydrogen) atoms. The predicted octanol–water partition coefficient (Wildman–Crippen LogP) is 2.63. The molecule has 1 rings (SSSR count). The topological polar surface area (TPSA) is 30.5 Å². The van der Waals surface area contributed by atoms with Crippen LogP contribution >= 0.6 is 11.8 Å². The molecule has 3 nitrogen and oxygen atoms in total. The van der Waals surface area contributed by atoms with Crippen LogP contribution in [-0.4, -0.2) is 20.5 Å². The summed E-state index contributed by atoms with van der Waals surface area (Å²) in [6.45, 7) is 2.80. The Morgan fingerprint density at radius 2 is 2.00 bits per heavy atom. The van der Waals surface area contributed by atoms with Crippen LogP contribution in [0.5, 0.6) is 5.75 Å². The van der Waals surface area contributed by atoms with Crippen molar-refractivity contribution in [1.82, 2.24) is 5.48 Å². The van der Waals surface area contributed by atoms with Crippen molar-refractivity contribution in [3.05, 3.63) is 23.3 Å². The van der Waals surface area contributed by atoms with Crippen LogP contribution in [0, 0.1) is 0 Å². The molecular formula is C12H19NO2S. The second kappa shape index (κ2) is 6.78. The molecule has 1 aromatic rings. The van der Waals surface area contributed by atoms with Gasteiger partial charge in [0.15, 0.2) is 0 Å². The summed E-state index contributed by atoms with van der Waals surface area (Å²) in [5.74, 6) is 0.916. The highest BCUT2D eigenvalue weighted by molar-refractivity contribution is 7.98. The van der Waals surface area contributed by atoms with Gasteiger partial charge in [0, 0.05) is 17.0 Å². The standard InChI is InChI=1S/C12H19NO2S/c1-5-9-6-11(14-2)10(8-13-15-3)7-12(9)16-4/h6-7,13H,5,8H2,1-4H3. The third-order valence-electron chi connectivity index (χ3n) is 2.47. The van der Waals surface area contributed by atoms with Crippen molar-refractivity contribution in [2.24, 2.45) is 0 Å². The van der Waals surface area contributed by atoms with E-state index in [9.17, 15) is 0 Å². The number of hydrogen-bond acceptors (Lipinski definition) is 4. The molecule has 0 saturated carbocycles. The molecule has 1 N–H and O–H groups in total. The maximum absolute atomic E-state index is 5.38. The molecule has 4 heteroatoms. The van der Waals surface area contributed by atoms with Crippen molar-refractivity contribution < 1.29 is 9.57 Å². The number of hydrogen-bond donors (Lipinski definition) is 1. The molecule has 0 spiro atoms. The molecule has 0 atom stereocenters. The molecule has 0 bridgehead atoms. The first-order chi connectivity index (χ1) is 7.76. The van der Waals surface area contributed by atoms with E-state index in [1.54, 1.807) is 26.0 Å². The lowest BCUT2D eigenvalue weighted by Gasteiger charge is -2.13. The summed E-state index contributed by atoms with van der Waals surface area (Å²) >= 11 is 1.76. The molecule has 0 unspecified atom stereocenters. The largest absolute Gasteiger partial charge is 0.496 e. The van der Waals surface area contributed by atoms with Crippen LogP contribution in [0.1, 0.15) is 18.1 Å². The minimum absolute atomic E-state index is 0.650. The van der Waals surface area contributed by atoms with Gasteiger partial charge in [-0.2, -0.15) is 5.48 Å². The first kappa shape index (κ1) is 13.4. The highest BCUT2D eigenvalue weighted by Gasteiger charge is 2.08. The number of hydroxylamine groups is 1. The molecule has 0 saturated heterocycles. The molecule has 0 aromatic heterocycles. The monoisotopic (exact) mass is 241 g/mol. The quantitative estimate of drug-likeness (QED) is 0.612. The normalized spacial score (nSPS) is 10.5. The Labute approximate surface area is 101 Å². The second-order valence-electron chi connectivity index (χ2n) is 3.35. The van der Waals surface area contributed by atoms with Gasteiger partial charge < -0.3 is 9.57 Å². The zero-order chi connectivity index (χ0) is 12.0. The Morgan fingerprint density at radius 1 is 1.25 bits per heavy atom. The number of rotatable bonds is 6. The van der Waals surface area contributed by atoms with Crippen molar-refractivity contribution >= 4 is 11.8 Å². The first-order valence-electron chi connectivity index (χ1n) is 5.26. The molecule has 0 aliphatic rings. The van der Waals surface area contributed by atoms with Crippen molar-refractivity contribution in [3.63, 3.8) is 0 Å². The van der Waals surface area contributed by atoms with Crippen LogP contribution in [0.3, 0.4) is 0 Å². The molecular weight excluding hydrogens is 222 g/mol. The summed E-state index contributed by atoms with van der Waals surface area (Å²) in [5, 5.41) is 0. The summed E-state index contributed by atoms with van der Waals surface area (Å²) in [5.41, 5.74) is 5.28. The lowest BCUT2D eigenvalue weighted by molar-refractivity contribution is 0.0861. The van der Waals surface area contributed by atoms with Gasteiger partial charge >= 0.3 is 0 Å². The number of ether oxygens (including phenoxy) is 1. The number of nitrogens with one attached hydrogen (secondary N) is 1. The van der Waals surface area contributed by atoms with Gasteiger partial charge in [-0.25, -0.2) is 0 Å². The molecule has 0 aliphatic carbocycles. The smallest absolute Gasteiger partial charge is 0.123 e. The third kappa shape index (κ3) is 3.14. The van der Waals surface area contributed by atoms with E-state index < -0.39 is 0 Å². The Hall–Kier alpha value is -0.710. The van der Waals surface area contributed by atoms with Crippen molar-refractivity contribution in [1.29, 1.82) is 0 Å². The predicted molar refractivity (Wildman–Crippen MR) is 68.0 cm³/mol. The van der Waals surface area contributed by atoms with Crippen molar-refractivity contribution in [2.45, 2.75) is 24.8 Å². The summed E-state index contributed by atoms with van der Waals surface area (Å²) in [4.78, 5) is 6.17. The van der Waals surface area contributed by atoms with Gasteiger partial charge in [-0.15, -0.1) is 11.8 Å². The van der Waals surface area contributed by atoms with E-state index in [0.717, 1.165) is 17.7 Å². The highest BCUT2D eigenvalue weighted by Crippen LogP contribution is 2.29. The number of thioether (sulfide) groups is 1. The third-order valence-corrected chi connectivity index (χ3v) is 3.29. The molecule has 1 aromatic carbocycles. The fourth-order valence-electron chi connectivity index (χ4n) is 1.59. The Balaban J connectivity index is 3.05. The van der Waals surface area contributed by atoms with E-state index in [-0.39, 0.29) is 0 Å². The number of methoxy groups -OCH3 is 1. The van der Waals surface area contributed by atoms with E-state index in [0.29, 0.717) is 6.54 Å². The van der Waals surface area contributed by atoms with Gasteiger partial charge in [0.05, 0.1) is 14.2 Å². The maximum atomic E-state index is 5.38. The van der Waals surface area contributed by atoms with Crippen LogP contribution in [0.15, 0.2) is 17.0 Å². The lowest BCUT2D eigenvalue weighted by Crippen LogP contribution is -2.12. The highest BCUT2D eigenvalue weighted by atomic mass is 32.2. The van der Waals surface area contributed by atoms with Crippen molar-refractivity contribution in [3.8, 4) is 5.75 Å². The minimum Gasteiger partial charge on any atom is -0.496 e. The van der Waals surface area contributed by atoms with E-state index >= 15 is 0 Å². The zero-order valence-corrected chi connectivity index (χ0v) is 11.1. The summed E-state index contributed by atoms with van der Waals surface area (Å²) < 4.78 is 5.38. The van der Waals surface area contributed by atoms with Crippen LogP contribution in [0.2, 0.25) is 0 Å². The molecule has 0 aliphatic heterocycles. The molecule has 0 heterocycles. The van der Waals surface area contributed by atoms with Crippen LogP contribution in [-0.2, 0) is 17.8 Å². The second-order valence-corrected chi connectivity index (χ2v) is 4.20. The summed E-state index contributed by atoms with van der Waals surface area (Å²) in [6, 6.07) is 4.27. The van der Waals surface area contributed by atoms with Crippen LogP contribution in [0.4, 0.5) is 0 Å². The average Bonchev–Trinajstić information content (AvgIpc) is 2.35. The van der Waals surface area contributed by atoms with Crippen LogP contribution < -0.4 is 10.2 Å². The van der Waals surface area contributed by atoms with Gasteiger partial charge in [-0.05, 0) is 30.4 Å². The molecule has 0 fully saturated rings. The van der Waals surface area contributed by atoms with E-state index in [4.69, 9.17) is 9.57 Å². The first-order valence-corrected chi connectivity index (χ1v) is 6.48. The molecule has 0 radical (unpaired) electrons. The Morgan fingerprint density at radius 3 is 2.50 bits per heavy atom. The summed E-state index contributed by atoms with van der Waals surface area (Å²) in [6.07, 6.45) is 3.11. The Bertz CT molecular complexity index is 342. The zero-order valence-electron chi connectivity index (χ0n) is 10.3. The SMILES string of the molecule is CCc1cc(OC)c(CNOC)cc1SC. The van der Waals surface area contributed by atoms with Gasteiger partial charge in [-0.3, -0.25) is 0 Å². The van der Waals surface area contributed by atoms with Crippen molar-refractivity contribution in [2.75, 3.05) is 20.5 Å². The van der Waals surface area contributed by atoms with E-state index in [1.807, 2.05) is 0 Å². The van der Waals surface area contributed by atoms with Gasteiger partial charge in [-0.1, -0.05) is 6.92 Å². The lowest BCUT2D eigenvalue weighted by atomic mass is 10.1. The molecule has 90 valence electrons. The van der Waals surface area contributed by atoms with E-state index in [2.05, 4.69) is 30.8 Å². The van der Waals surface area contributed by atoms with Gasteiger partial charge in [0.2, 0.25) is 0 Å². The van der Waals surface area contributed by atoms with Gasteiger partial charge in [0.1, 0.15) is 5.75 Å².